The number of aryl methyl sites for hydroxylation is 2. The Labute approximate surface area is 138 Å². The lowest BCUT2D eigenvalue weighted by Crippen LogP contribution is -2.36. The Kier molecular flexibility index (Phi) is 6.03. The van der Waals surface area contributed by atoms with Gasteiger partial charge >= 0.3 is 0 Å². The molecule has 0 fully saturated rings. The Morgan fingerprint density at radius 3 is 2.43 bits per heavy atom. The van der Waals surface area contributed by atoms with Crippen LogP contribution < -0.4 is 15.4 Å². The summed E-state index contributed by atoms with van der Waals surface area (Å²) in [4.78, 5) is 4.27. The van der Waals surface area contributed by atoms with E-state index < -0.39 is 0 Å². The fourth-order valence-electron chi connectivity index (χ4n) is 2.41. The molecule has 0 heterocycles. The van der Waals surface area contributed by atoms with E-state index in [9.17, 15) is 0 Å². The van der Waals surface area contributed by atoms with E-state index in [2.05, 4.69) is 65.9 Å². The van der Waals surface area contributed by atoms with Gasteiger partial charge in [-0.05, 0) is 31.0 Å². The van der Waals surface area contributed by atoms with Gasteiger partial charge in [-0.25, -0.2) is 0 Å². The van der Waals surface area contributed by atoms with Crippen molar-refractivity contribution < 1.29 is 4.74 Å². The highest BCUT2D eigenvalue weighted by molar-refractivity contribution is 5.79. The molecule has 4 nitrogen and oxygen atoms in total. The summed E-state index contributed by atoms with van der Waals surface area (Å²) < 4.78 is 5.43. The van der Waals surface area contributed by atoms with Crippen molar-refractivity contribution in [1.29, 1.82) is 0 Å². The quantitative estimate of drug-likeness (QED) is 0.658. The first-order chi connectivity index (χ1) is 11.1. The SMILES string of the molecule is CN=C(NCc1cccc(C)c1)NCc1ccc(C)cc1OC. The highest BCUT2D eigenvalue weighted by atomic mass is 16.5. The largest absolute Gasteiger partial charge is 0.496 e. The van der Waals surface area contributed by atoms with Crippen molar-refractivity contribution in [2.45, 2.75) is 26.9 Å². The molecule has 0 aliphatic heterocycles. The van der Waals surface area contributed by atoms with Gasteiger partial charge in [0, 0.05) is 25.7 Å². The fourth-order valence-corrected chi connectivity index (χ4v) is 2.41. The number of hydrogen-bond donors (Lipinski definition) is 2. The van der Waals surface area contributed by atoms with Crippen LogP contribution in [0.5, 0.6) is 5.75 Å². The third-order valence-electron chi connectivity index (χ3n) is 3.65. The Morgan fingerprint density at radius 1 is 1.00 bits per heavy atom. The van der Waals surface area contributed by atoms with Crippen LogP contribution in [-0.4, -0.2) is 20.1 Å². The van der Waals surface area contributed by atoms with Gasteiger partial charge < -0.3 is 15.4 Å². The molecule has 0 aromatic heterocycles. The van der Waals surface area contributed by atoms with E-state index in [1.807, 2.05) is 6.07 Å². The Balaban J connectivity index is 1.93. The topological polar surface area (TPSA) is 45.7 Å². The van der Waals surface area contributed by atoms with Crippen LogP contribution in [0.2, 0.25) is 0 Å². The van der Waals surface area contributed by atoms with Crippen LogP contribution in [0.4, 0.5) is 0 Å². The lowest BCUT2D eigenvalue weighted by atomic mass is 10.1. The zero-order valence-electron chi connectivity index (χ0n) is 14.3. The van der Waals surface area contributed by atoms with Crippen molar-refractivity contribution >= 4 is 5.96 Å². The third kappa shape index (κ3) is 5.02. The summed E-state index contributed by atoms with van der Waals surface area (Å²) in [6.07, 6.45) is 0. The maximum absolute atomic E-state index is 5.43. The standard InChI is InChI=1S/C19H25N3O/c1-14-6-5-7-16(10-14)12-21-19(20-3)22-13-17-9-8-15(2)11-18(17)23-4/h5-11H,12-13H2,1-4H3,(H2,20,21,22). The molecule has 0 aliphatic rings. The zero-order chi connectivity index (χ0) is 16.7. The highest BCUT2D eigenvalue weighted by Crippen LogP contribution is 2.19. The average molecular weight is 311 g/mol. The summed E-state index contributed by atoms with van der Waals surface area (Å²) in [6.45, 7) is 5.56. The van der Waals surface area contributed by atoms with Crippen LogP contribution in [0.15, 0.2) is 47.5 Å². The van der Waals surface area contributed by atoms with Crippen molar-refractivity contribution in [3.8, 4) is 5.75 Å². The summed E-state index contributed by atoms with van der Waals surface area (Å²) in [7, 11) is 3.47. The Morgan fingerprint density at radius 2 is 1.74 bits per heavy atom. The molecule has 122 valence electrons. The summed E-state index contributed by atoms with van der Waals surface area (Å²) >= 11 is 0. The number of aliphatic imine (C=N–C) groups is 1. The number of nitrogens with zero attached hydrogens (tertiary/aromatic N) is 1. The van der Waals surface area contributed by atoms with Gasteiger partial charge in [-0.1, -0.05) is 42.0 Å². The van der Waals surface area contributed by atoms with E-state index in [0.717, 1.165) is 23.8 Å². The molecule has 0 atom stereocenters. The molecule has 2 rings (SSSR count). The van der Waals surface area contributed by atoms with Crippen molar-refractivity contribution in [3.63, 3.8) is 0 Å². The molecule has 23 heavy (non-hydrogen) atoms. The molecule has 2 aromatic carbocycles. The number of rotatable bonds is 5. The number of guanidine groups is 1. The molecule has 0 aliphatic carbocycles. The minimum atomic E-state index is 0.664. The minimum Gasteiger partial charge on any atom is -0.496 e. The molecule has 0 saturated carbocycles. The predicted molar refractivity (Wildman–Crippen MR) is 95.9 cm³/mol. The second-order valence-corrected chi connectivity index (χ2v) is 5.58. The van der Waals surface area contributed by atoms with Crippen molar-refractivity contribution in [1.82, 2.24) is 10.6 Å². The van der Waals surface area contributed by atoms with Gasteiger partial charge in [0.2, 0.25) is 0 Å². The van der Waals surface area contributed by atoms with E-state index in [1.54, 1.807) is 14.2 Å². The van der Waals surface area contributed by atoms with Crippen molar-refractivity contribution in [3.05, 3.63) is 64.7 Å². The van der Waals surface area contributed by atoms with Gasteiger partial charge in [0.05, 0.1) is 7.11 Å². The number of benzene rings is 2. The number of ether oxygens (including phenoxy) is 1. The molecule has 0 amide bonds. The number of hydrogen-bond acceptors (Lipinski definition) is 2. The molecule has 0 unspecified atom stereocenters. The van der Waals surface area contributed by atoms with Crippen LogP contribution in [0.1, 0.15) is 22.3 Å². The zero-order valence-corrected chi connectivity index (χ0v) is 14.3. The monoisotopic (exact) mass is 311 g/mol. The smallest absolute Gasteiger partial charge is 0.191 e. The molecule has 0 spiro atoms. The van der Waals surface area contributed by atoms with Crippen molar-refractivity contribution in [2.24, 2.45) is 4.99 Å². The average Bonchev–Trinajstić information content (AvgIpc) is 2.56. The number of methoxy groups -OCH3 is 1. The van der Waals surface area contributed by atoms with Crippen LogP contribution in [0.3, 0.4) is 0 Å². The summed E-state index contributed by atoms with van der Waals surface area (Å²) in [5.74, 6) is 1.67. The lowest BCUT2D eigenvalue weighted by Gasteiger charge is -2.14. The van der Waals surface area contributed by atoms with Gasteiger partial charge in [0.1, 0.15) is 5.75 Å². The Bertz CT molecular complexity index is 680. The van der Waals surface area contributed by atoms with Gasteiger partial charge in [0.15, 0.2) is 5.96 Å². The number of nitrogens with one attached hydrogen (secondary N) is 2. The highest BCUT2D eigenvalue weighted by Gasteiger charge is 2.05. The molecular formula is C19H25N3O. The first kappa shape index (κ1) is 16.9. The van der Waals surface area contributed by atoms with Gasteiger partial charge in [-0.15, -0.1) is 0 Å². The first-order valence-electron chi connectivity index (χ1n) is 7.76. The molecule has 2 aromatic rings. The van der Waals surface area contributed by atoms with Gasteiger partial charge in [-0.2, -0.15) is 0 Å². The summed E-state index contributed by atoms with van der Waals surface area (Å²) in [5, 5.41) is 6.65. The lowest BCUT2D eigenvalue weighted by molar-refractivity contribution is 0.408. The second kappa shape index (κ2) is 8.22. The van der Waals surface area contributed by atoms with Crippen LogP contribution in [0, 0.1) is 13.8 Å². The minimum absolute atomic E-state index is 0.664. The normalized spacial score (nSPS) is 11.2. The molecular weight excluding hydrogens is 286 g/mol. The maximum atomic E-state index is 5.43. The molecule has 0 bridgehead atoms. The van der Waals surface area contributed by atoms with E-state index in [4.69, 9.17) is 4.74 Å². The molecule has 0 saturated heterocycles. The predicted octanol–water partition coefficient (Wildman–Crippen LogP) is 3.18. The van der Waals surface area contributed by atoms with Gasteiger partial charge in [-0.3, -0.25) is 4.99 Å². The summed E-state index contributed by atoms with van der Waals surface area (Å²) in [6, 6.07) is 14.6. The first-order valence-corrected chi connectivity index (χ1v) is 7.76. The maximum Gasteiger partial charge on any atom is 0.191 e. The molecule has 2 N–H and O–H groups in total. The van der Waals surface area contributed by atoms with Crippen LogP contribution in [-0.2, 0) is 13.1 Å². The van der Waals surface area contributed by atoms with Crippen LogP contribution in [0.25, 0.3) is 0 Å². The van der Waals surface area contributed by atoms with E-state index in [-0.39, 0.29) is 0 Å². The van der Waals surface area contributed by atoms with E-state index >= 15 is 0 Å². The fraction of sp³-hybridized carbons (Fsp3) is 0.316. The van der Waals surface area contributed by atoms with Crippen molar-refractivity contribution in [2.75, 3.05) is 14.2 Å². The van der Waals surface area contributed by atoms with Crippen LogP contribution >= 0.6 is 0 Å². The molecule has 4 heteroatoms. The van der Waals surface area contributed by atoms with Gasteiger partial charge in [0.25, 0.3) is 0 Å². The summed E-state index contributed by atoms with van der Waals surface area (Å²) in [5.41, 5.74) is 4.79. The molecule has 0 radical (unpaired) electrons. The van der Waals surface area contributed by atoms with E-state index in [0.29, 0.717) is 6.54 Å². The second-order valence-electron chi connectivity index (χ2n) is 5.58. The van der Waals surface area contributed by atoms with E-state index in [1.165, 1.54) is 16.7 Å². The Hall–Kier alpha value is -2.49. The third-order valence-corrected chi connectivity index (χ3v) is 3.65.